The van der Waals surface area contributed by atoms with Gasteiger partial charge in [0, 0.05) is 37.3 Å². The summed E-state index contributed by atoms with van der Waals surface area (Å²) in [6.07, 6.45) is 8.82. The van der Waals surface area contributed by atoms with Crippen LogP contribution < -0.4 is 0 Å². The number of carbonyl (C=O) groups excluding carboxylic acids is 1. The Bertz CT molecular complexity index is 639. The molecule has 4 bridgehead atoms. The number of nitrogens with zero attached hydrogens (tertiary/aromatic N) is 2. The van der Waals surface area contributed by atoms with Gasteiger partial charge < -0.3 is 4.90 Å². The van der Waals surface area contributed by atoms with E-state index < -0.39 is 0 Å². The average molecular weight is 338 g/mol. The van der Waals surface area contributed by atoms with E-state index in [2.05, 4.69) is 9.80 Å². The highest BCUT2D eigenvalue weighted by atomic mass is 16.2. The SMILES string of the molecule is Cc1ccccc1C(=O)N1CCN(C23CC4CC(CC(C4)C2)C3)CC1. The Balaban J connectivity index is 1.28. The van der Waals surface area contributed by atoms with E-state index in [0.29, 0.717) is 5.54 Å². The molecular formula is C22H30N2O. The van der Waals surface area contributed by atoms with Crippen molar-refractivity contribution in [2.75, 3.05) is 26.2 Å². The fourth-order valence-electron chi connectivity index (χ4n) is 6.82. The van der Waals surface area contributed by atoms with Gasteiger partial charge in [-0.25, -0.2) is 0 Å². The topological polar surface area (TPSA) is 23.6 Å². The van der Waals surface area contributed by atoms with Crippen molar-refractivity contribution in [2.45, 2.75) is 51.0 Å². The van der Waals surface area contributed by atoms with Gasteiger partial charge in [-0.15, -0.1) is 0 Å². The Morgan fingerprint density at radius 3 is 2.04 bits per heavy atom. The van der Waals surface area contributed by atoms with Crippen LogP contribution in [0.25, 0.3) is 0 Å². The van der Waals surface area contributed by atoms with E-state index >= 15 is 0 Å². The third-order valence-electron chi connectivity index (χ3n) is 7.62. The van der Waals surface area contributed by atoms with E-state index in [4.69, 9.17) is 0 Å². The molecule has 0 N–H and O–H groups in total. The Hall–Kier alpha value is -1.35. The smallest absolute Gasteiger partial charge is 0.254 e. The first-order chi connectivity index (χ1) is 12.1. The molecule has 3 nitrogen and oxygen atoms in total. The predicted molar refractivity (Wildman–Crippen MR) is 99.6 cm³/mol. The van der Waals surface area contributed by atoms with E-state index in [1.54, 1.807) is 0 Å². The zero-order valence-electron chi connectivity index (χ0n) is 15.4. The highest BCUT2D eigenvalue weighted by Crippen LogP contribution is 2.57. The molecular weight excluding hydrogens is 308 g/mol. The zero-order valence-corrected chi connectivity index (χ0v) is 15.4. The molecule has 5 aliphatic rings. The molecule has 1 aromatic carbocycles. The molecule has 134 valence electrons. The molecule has 4 aliphatic carbocycles. The van der Waals surface area contributed by atoms with Gasteiger partial charge in [0.15, 0.2) is 0 Å². The van der Waals surface area contributed by atoms with E-state index in [1.807, 2.05) is 31.2 Å². The van der Waals surface area contributed by atoms with E-state index in [9.17, 15) is 4.79 Å². The average Bonchev–Trinajstić information content (AvgIpc) is 2.61. The van der Waals surface area contributed by atoms with Gasteiger partial charge in [-0.2, -0.15) is 0 Å². The van der Waals surface area contributed by atoms with Gasteiger partial charge >= 0.3 is 0 Å². The van der Waals surface area contributed by atoms with E-state index in [0.717, 1.165) is 55.1 Å². The third kappa shape index (κ3) is 2.63. The van der Waals surface area contributed by atoms with Crippen molar-refractivity contribution < 1.29 is 4.79 Å². The summed E-state index contributed by atoms with van der Waals surface area (Å²) in [4.78, 5) is 17.8. The summed E-state index contributed by atoms with van der Waals surface area (Å²) in [5.74, 6) is 3.22. The minimum atomic E-state index is 0.225. The second kappa shape index (κ2) is 5.84. The molecule has 5 fully saturated rings. The Morgan fingerprint density at radius 1 is 0.920 bits per heavy atom. The lowest BCUT2D eigenvalue weighted by molar-refractivity contribution is -0.0987. The van der Waals surface area contributed by atoms with Gasteiger partial charge in [-0.3, -0.25) is 9.69 Å². The maximum Gasteiger partial charge on any atom is 0.254 e. The molecule has 0 unspecified atom stereocenters. The van der Waals surface area contributed by atoms with E-state index in [-0.39, 0.29) is 5.91 Å². The van der Waals surface area contributed by atoms with Crippen molar-refractivity contribution in [3.63, 3.8) is 0 Å². The van der Waals surface area contributed by atoms with Crippen LogP contribution in [-0.2, 0) is 0 Å². The highest BCUT2D eigenvalue weighted by Gasteiger charge is 2.53. The molecule has 25 heavy (non-hydrogen) atoms. The van der Waals surface area contributed by atoms with Crippen molar-refractivity contribution >= 4 is 5.91 Å². The second-order valence-electron chi connectivity index (χ2n) is 9.24. The molecule has 0 aromatic heterocycles. The number of amides is 1. The quantitative estimate of drug-likeness (QED) is 0.820. The first-order valence-corrected chi connectivity index (χ1v) is 10.2. The van der Waals surface area contributed by atoms with Gasteiger partial charge in [0.2, 0.25) is 0 Å². The highest BCUT2D eigenvalue weighted by molar-refractivity contribution is 5.95. The van der Waals surface area contributed by atoms with Crippen LogP contribution in [0.5, 0.6) is 0 Å². The summed E-state index contributed by atoms with van der Waals surface area (Å²) in [5, 5.41) is 0. The molecule has 1 aliphatic heterocycles. The first-order valence-electron chi connectivity index (χ1n) is 10.2. The Kier molecular flexibility index (Phi) is 3.70. The number of benzene rings is 1. The van der Waals surface area contributed by atoms with Crippen molar-refractivity contribution in [1.82, 2.24) is 9.80 Å². The molecule has 0 atom stereocenters. The van der Waals surface area contributed by atoms with Crippen LogP contribution in [0.4, 0.5) is 0 Å². The molecule has 4 saturated carbocycles. The maximum atomic E-state index is 12.9. The largest absolute Gasteiger partial charge is 0.336 e. The number of carbonyl (C=O) groups is 1. The van der Waals surface area contributed by atoms with Crippen LogP contribution in [0, 0.1) is 24.7 Å². The summed E-state index contributed by atoms with van der Waals surface area (Å²) in [6, 6.07) is 8.01. The first kappa shape index (κ1) is 15.9. The van der Waals surface area contributed by atoms with Gasteiger partial charge in [0.25, 0.3) is 5.91 Å². The Morgan fingerprint density at radius 2 is 1.48 bits per heavy atom. The molecule has 0 radical (unpaired) electrons. The van der Waals surface area contributed by atoms with Crippen molar-refractivity contribution in [3.8, 4) is 0 Å². The van der Waals surface area contributed by atoms with Crippen LogP contribution >= 0.6 is 0 Å². The van der Waals surface area contributed by atoms with Crippen LogP contribution in [0.3, 0.4) is 0 Å². The van der Waals surface area contributed by atoms with E-state index in [1.165, 1.54) is 38.5 Å². The van der Waals surface area contributed by atoms with Crippen molar-refractivity contribution in [1.29, 1.82) is 0 Å². The van der Waals surface area contributed by atoms with Crippen LogP contribution in [0.15, 0.2) is 24.3 Å². The minimum Gasteiger partial charge on any atom is -0.336 e. The summed E-state index contributed by atoms with van der Waals surface area (Å²) in [7, 11) is 0. The second-order valence-corrected chi connectivity index (χ2v) is 9.24. The summed E-state index contributed by atoms with van der Waals surface area (Å²) < 4.78 is 0. The van der Waals surface area contributed by atoms with Crippen LogP contribution in [0.2, 0.25) is 0 Å². The maximum absolute atomic E-state index is 12.9. The van der Waals surface area contributed by atoms with Crippen molar-refractivity contribution in [3.05, 3.63) is 35.4 Å². The normalized spacial score (nSPS) is 37.5. The van der Waals surface area contributed by atoms with Gasteiger partial charge in [0.05, 0.1) is 0 Å². The van der Waals surface area contributed by atoms with Crippen molar-refractivity contribution in [2.24, 2.45) is 17.8 Å². The van der Waals surface area contributed by atoms with Gasteiger partial charge in [-0.05, 0) is 74.8 Å². The van der Waals surface area contributed by atoms with Crippen LogP contribution in [-0.4, -0.2) is 47.4 Å². The lowest BCUT2D eigenvalue weighted by Gasteiger charge is -2.61. The van der Waals surface area contributed by atoms with Gasteiger partial charge in [0.1, 0.15) is 0 Å². The number of aryl methyl sites for hydroxylation is 1. The predicted octanol–water partition coefficient (Wildman–Crippen LogP) is 3.72. The molecule has 1 heterocycles. The van der Waals surface area contributed by atoms with Crippen LogP contribution in [0.1, 0.15) is 54.4 Å². The zero-order chi connectivity index (χ0) is 17.0. The monoisotopic (exact) mass is 338 g/mol. The number of piperazine rings is 1. The van der Waals surface area contributed by atoms with Gasteiger partial charge in [-0.1, -0.05) is 18.2 Å². The minimum absolute atomic E-state index is 0.225. The fraction of sp³-hybridized carbons (Fsp3) is 0.682. The number of rotatable bonds is 2. The lowest BCUT2D eigenvalue weighted by atomic mass is 9.52. The Labute approximate surface area is 151 Å². The summed E-state index contributed by atoms with van der Waals surface area (Å²) in [5.41, 5.74) is 2.47. The molecule has 1 aromatic rings. The molecule has 6 rings (SSSR count). The fourth-order valence-corrected chi connectivity index (χ4v) is 6.82. The molecule has 1 saturated heterocycles. The standard InChI is InChI=1S/C22H30N2O/c1-16-4-2-3-5-20(16)21(25)23-6-8-24(9-7-23)22-13-17-10-18(14-22)12-19(11-17)15-22/h2-5,17-19H,6-15H2,1H3. The summed E-state index contributed by atoms with van der Waals surface area (Å²) >= 11 is 0. The molecule has 3 heteroatoms. The summed E-state index contributed by atoms with van der Waals surface area (Å²) in [6.45, 7) is 5.98. The number of hydrogen-bond acceptors (Lipinski definition) is 2. The molecule has 0 spiro atoms. The lowest BCUT2D eigenvalue weighted by Crippen LogP contribution is -2.64. The third-order valence-corrected chi connectivity index (χ3v) is 7.62. The number of hydrogen-bond donors (Lipinski definition) is 0. The molecule has 1 amide bonds.